The van der Waals surface area contributed by atoms with Crippen molar-refractivity contribution in [2.24, 2.45) is 0 Å². The molecule has 0 bridgehead atoms. The minimum atomic E-state index is 0.0360. The Morgan fingerprint density at radius 1 is 1.00 bits per heavy atom. The van der Waals surface area contributed by atoms with Crippen LogP contribution in [0.3, 0.4) is 0 Å². The number of rotatable bonds is 3. The van der Waals surface area contributed by atoms with Gasteiger partial charge in [-0.2, -0.15) is 0 Å². The predicted molar refractivity (Wildman–Crippen MR) is 114 cm³/mol. The molecule has 0 aliphatic carbocycles. The van der Waals surface area contributed by atoms with Gasteiger partial charge >= 0.3 is 0 Å². The average molecular weight is 404 g/mol. The summed E-state index contributed by atoms with van der Waals surface area (Å²) < 4.78 is 0. The fourth-order valence-corrected chi connectivity index (χ4v) is 4.65. The van der Waals surface area contributed by atoms with Crippen molar-refractivity contribution in [1.82, 2.24) is 24.8 Å². The minimum Gasteiger partial charge on any atom is -0.352 e. The molecule has 29 heavy (non-hydrogen) atoms. The third-order valence-corrected chi connectivity index (χ3v) is 6.48. The Bertz CT molecular complexity index is 1200. The van der Waals surface area contributed by atoms with Gasteiger partial charge in [0.05, 0.1) is 16.4 Å². The summed E-state index contributed by atoms with van der Waals surface area (Å²) in [6, 6.07) is 7.70. The molecule has 7 nitrogen and oxygen atoms in total. The van der Waals surface area contributed by atoms with Crippen LogP contribution in [0.4, 0.5) is 5.82 Å². The zero-order valence-electron chi connectivity index (χ0n) is 16.1. The number of carbonyl (C=O) groups excluding carboxylic acids is 1. The molecule has 4 heterocycles. The first kappa shape index (κ1) is 17.9. The zero-order valence-corrected chi connectivity index (χ0v) is 16.9. The van der Waals surface area contributed by atoms with Gasteiger partial charge in [0.1, 0.15) is 17.0 Å². The molecular weight excluding hydrogens is 384 g/mol. The number of aromatic nitrogens is 4. The third-order valence-electron chi connectivity index (χ3n) is 5.29. The van der Waals surface area contributed by atoms with Crippen LogP contribution in [0.15, 0.2) is 43.0 Å². The van der Waals surface area contributed by atoms with Gasteiger partial charge < -0.3 is 9.80 Å². The average Bonchev–Trinajstić information content (AvgIpc) is 3.22. The Balaban J connectivity index is 1.33. The number of fused-ring (bicyclic) bond motifs is 2. The molecular formula is C21H20N6OS. The van der Waals surface area contributed by atoms with Crippen molar-refractivity contribution in [3.63, 3.8) is 0 Å². The Kier molecular flexibility index (Phi) is 4.55. The first-order valence-corrected chi connectivity index (χ1v) is 10.5. The fourth-order valence-electron chi connectivity index (χ4n) is 3.72. The summed E-state index contributed by atoms with van der Waals surface area (Å²) in [5.41, 5.74) is 2.19. The second-order valence-electron chi connectivity index (χ2n) is 7.02. The Morgan fingerprint density at radius 2 is 1.79 bits per heavy atom. The van der Waals surface area contributed by atoms with Crippen LogP contribution in [0.5, 0.6) is 0 Å². The van der Waals surface area contributed by atoms with Gasteiger partial charge in [-0.25, -0.2) is 9.97 Å². The van der Waals surface area contributed by atoms with Crippen molar-refractivity contribution in [1.29, 1.82) is 0 Å². The van der Waals surface area contributed by atoms with E-state index in [1.165, 1.54) is 4.88 Å². The van der Waals surface area contributed by atoms with Gasteiger partial charge in [0.25, 0.3) is 5.91 Å². The Hall–Kier alpha value is -3.13. The molecule has 1 saturated heterocycles. The van der Waals surface area contributed by atoms with Crippen molar-refractivity contribution in [2.45, 2.75) is 13.3 Å². The lowest BCUT2D eigenvalue weighted by Gasteiger charge is -2.35. The molecule has 0 radical (unpaired) electrons. The maximum absolute atomic E-state index is 13.0. The highest BCUT2D eigenvalue weighted by Crippen LogP contribution is 2.31. The first-order valence-electron chi connectivity index (χ1n) is 9.71. The van der Waals surface area contributed by atoms with Crippen molar-refractivity contribution < 1.29 is 4.79 Å². The number of nitrogens with zero attached hydrogens (tertiary/aromatic N) is 6. The smallest absolute Gasteiger partial charge is 0.254 e. The van der Waals surface area contributed by atoms with Gasteiger partial charge in [0.15, 0.2) is 0 Å². The maximum atomic E-state index is 13.0. The largest absolute Gasteiger partial charge is 0.352 e. The van der Waals surface area contributed by atoms with E-state index in [1.54, 1.807) is 30.1 Å². The number of benzene rings is 1. The van der Waals surface area contributed by atoms with Crippen molar-refractivity contribution >= 4 is 44.3 Å². The monoisotopic (exact) mass is 404 g/mol. The Morgan fingerprint density at radius 3 is 2.59 bits per heavy atom. The van der Waals surface area contributed by atoms with Crippen LogP contribution in [0.1, 0.15) is 22.2 Å². The topological polar surface area (TPSA) is 75.1 Å². The lowest BCUT2D eigenvalue weighted by molar-refractivity contribution is 0.0747. The number of hydrogen-bond donors (Lipinski definition) is 0. The number of piperazine rings is 1. The van der Waals surface area contributed by atoms with Crippen LogP contribution >= 0.6 is 11.3 Å². The van der Waals surface area contributed by atoms with E-state index in [0.29, 0.717) is 18.7 Å². The van der Waals surface area contributed by atoms with Crippen molar-refractivity contribution in [3.05, 3.63) is 53.4 Å². The molecule has 3 aromatic heterocycles. The van der Waals surface area contributed by atoms with Crippen LogP contribution in [0.2, 0.25) is 0 Å². The third kappa shape index (κ3) is 3.29. The molecule has 0 N–H and O–H groups in total. The molecule has 1 aliphatic heterocycles. The van der Waals surface area contributed by atoms with Crippen LogP contribution < -0.4 is 4.90 Å². The van der Waals surface area contributed by atoms with Gasteiger partial charge in [-0.05, 0) is 30.7 Å². The molecule has 4 aromatic rings. The second kappa shape index (κ2) is 7.36. The molecule has 5 rings (SSSR count). The summed E-state index contributed by atoms with van der Waals surface area (Å²) in [7, 11) is 0. The normalized spacial score (nSPS) is 14.7. The molecule has 0 spiro atoms. The van der Waals surface area contributed by atoms with E-state index in [2.05, 4.69) is 37.8 Å². The quantitative estimate of drug-likeness (QED) is 0.522. The lowest BCUT2D eigenvalue weighted by atomic mass is 10.1. The standard InChI is InChI=1S/C21H20N6OS/c1-2-15-12-16-19(24-13-25-20(16)29-15)26-7-9-27(10-8-26)21(28)14-3-4-17-18(11-14)23-6-5-22-17/h3-6,11-13H,2,7-10H2,1H3. The summed E-state index contributed by atoms with van der Waals surface area (Å²) in [5, 5.41) is 1.11. The summed E-state index contributed by atoms with van der Waals surface area (Å²) >= 11 is 1.73. The van der Waals surface area contributed by atoms with Crippen molar-refractivity contribution in [2.75, 3.05) is 31.1 Å². The second-order valence-corrected chi connectivity index (χ2v) is 8.14. The van der Waals surface area contributed by atoms with Crippen LogP contribution in [0, 0.1) is 0 Å². The van der Waals surface area contributed by atoms with E-state index >= 15 is 0 Å². The minimum absolute atomic E-state index is 0.0360. The van der Waals surface area contributed by atoms with E-state index in [0.717, 1.165) is 46.6 Å². The summed E-state index contributed by atoms with van der Waals surface area (Å²) in [6.45, 7) is 4.98. The molecule has 0 atom stereocenters. The van der Waals surface area contributed by atoms with Crippen LogP contribution in [-0.2, 0) is 6.42 Å². The molecule has 1 amide bonds. The van der Waals surface area contributed by atoms with Crippen LogP contribution in [0.25, 0.3) is 21.3 Å². The van der Waals surface area contributed by atoms with E-state index in [-0.39, 0.29) is 5.91 Å². The number of thiophene rings is 1. The highest BCUT2D eigenvalue weighted by molar-refractivity contribution is 7.18. The molecule has 146 valence electrons. The number of hydrogen-bond acceptors (Lipinski definition) is 7. The predicted octanol–water partition coefficient (Wildman–Crippen LogP) is 3.16. The summed E-state index contributed by atoms with van der Waals surface area (Å²) in [4.78, 5) is 37.0. The van der Waals surface area contributed by atoms with Gasteiger partial charge in [-0.15, -0.1) is 11.3 Å². The van der Waals surface area contributed by atoms with Gasteiger partial charge in [0.2, 0.25) is 0 Å². The number of carbonyl (C=O) groups is 1. The first-order chi connectivity index (χ1) is 14.2. The SMILES string of the molecule is CCc1cc2c(N3CCN(C(=O)c4ccc5nccnc5c4)CC3)ncnc2s1. The van der Waals surface area contributed by atoms with Gasteiger partial charge in [-0.3, -0.25) is 14.8 Å². The van der Waals surface area contributed by atoms with E-state index in [1.807, 2.05) is 23.1 Å². The molecule has 8 heteroatoms. The zero-order chi connectivity index (χ0) is 19.8. The van der Waals surface area contributed by atoms with Crippen LogP contribution in [-0.4, -0.2) is 56.9 Å². The maximum Gasteiger partial charge on any atom is 0.254 e. The number of aryl methyl sites for hydroxylation is 1. The van der Waals surface area contributed by atoms with E-state index < -0.39 is 0 Å². The highest BCUT2D eigenvalue weighted by Gasteiger charge is 2.24. The molecule has 0 saturated carbocycles. The molecule has 1 aliphatic rings. The number of amides is 1. The molecule has 0 unspecified atom stereocenters. The van der Waals surface area contributed by atoms with Crippen molar-refractivity contribution in [3.8, 4) is 0 Å². The number of anilines is 1. The van der Waals surface area contributed by atoms with E-state index in [9.17, 15) is 4.79 Å². The highest BCUT2D eigenvalue weighted by atomic mass is 32.1. The molecule has 1 fully saturated rings. The summed E-state index contributed by atoms with van der Waals surface area (Å²) in [6.07, 6.45) is 5.94. The van der Waals surface area contributed by atoms with Gasteiger partial charge in [0, 0.05) is 49.0 Å². The fraction of sp³-hybridized carbons (Fsp3) is 0.286. The van der Waals surface area contributed by atoms with E-state index in [4.69, 9.17) is 0 Å². The summed E-state index contributed by atoms with van der Waals surface area (Å²) in [5.74, 6) is 1.01. The lowest BCUT2D eigenvalue weighted by Crippen LogP contribution is -2.49. The van der Waals surface area contributed by atoms with Gasteiger partial charge in [-0.1, -0.05) is 6.92 Å². The Labute approximate surface area is 172 Å². The molecule has 1 aromatic carbocycles.